The SMILES string of the molecule is C/C(=C\C(=N)/C=C\Nc1ccc(F)cn1)[N+](=O)[O-]. The minimum absolute atomic E-state index is 0.0289. The predicted molar refractivity (Wildman–Crippen MR) is 65.4 cm³/mol. The molecular weight excluding hydrogens is 239 g/mol. The van der Waals surface area contributed by atoms with Gasteiger partial charge < -0.3 is 10.7 Å². The van der Waals surface area contributed by atoms with Crippen molar-refractivity contribution in [1.82, 2.24) is 4.98 Å². The Balaban J connectivity index is 2.55. The second kappa shape index (κ2) is 6.24. The Kier molecular flexibility index (Phi) is 4.67. The summed E-state index contributed by atoms with van der Waals surface area (Å²) < 4.78 is 12.5. The van der Waals surface area contributed by atoms with Crippen LogP contribution in [0.5, 0.6) is 0 Å². The van der Waals surface area contributed by atoms with E-state index in [9.17, 15) is 14.5 Å². The van der Waals surface area contributed by atoms with Gasteiger partial charge in [-0.1, -0.05) is 0 Å². The Hall–Kier alpha value is -2.57. The highest BCUT2D eigenvalue weighted by atomic mass is 19.1. The highest BCUT2D eigenvalue weighted by molar-refractivity contribution is 6.01. The maximum atomic E-state index is 12.5. The number of nitrogens with zero attached hydrogens (tertiary/aromatic N) is 2. The van der Waals surface area contributed by atoms with Crippen molar-refractivity contribution >= 4 is 11.5 Å². The number of halogens is 1. The minimum Gasteiger partial charge on any atom is -0.347 e. The Bertz CT molecular complexity index is 508. The Morgan fingerprint density at radius 3 is 2.89 bits per heavy atom. The van der Waals surface area contributed by atoms with Crippen molar-refractivity contribution in [2.24, 2.45) is 0 Å². The van der Waals surface area contributed by atoms with E-state index in [0.29, 0.717) is 5.82 Å². The number of nitrogens with one attached hydrogen (secondary N) is 2. The summed E-state index contributed by atoms with van der Waals surface area (Å²) in [5, 5.41) is 20.4. The van der Waals surface area contributed by atoms with Crippen molar-refractivity contribution in [3.63, 3.8) is 0 Å². The number of hydrogen-bond acceptors (Lipinski definition) is 5. The molecule has 1 rings (SSSR count). The number of pyridine rings is 1. The summed E-state index contributed by atoms with van der Waals surface area (Å²) in [7, 11) is 0. The standard InChI is InChI=1S/C11H11FN4O2/c1-8(16(17)18)6-10(13)4-5-14-11-3-2-9(12)7-15-11/h2-7,13H,1H3,(H,14,15)/b5-4-,8-6+,13-10?. The maximum absolute atomic E-state index is 12.5. The molecule has 0 spiro atoms. The molecule has 0 aromatic carbocycles. The molecule has 2 N–H and O–H groups in total. The van der Waals surface area contributed by atoms with Crippen molar-refractivity contribution in [2.75, 3.05) is 5.32 Å². The molecule has 0 aliphatic rings. The molecule has 0 unspecified atom stereocenters. The second-order valence-corrected chi connectivity index (χ2v) is 3.34. The fourth-order valence-corrected chi connectivity index (χ4v) is 1.00. The van der Waals surface area contributed by atoms with Crippen LogP contribution < -0.4 is 5.32 Å². The van der Waals surface area contributed by atoms with Crippen molar-refractivity contribution < 1.29 is 9.31 Å². The summed E-state index contributed by atoms with van der Waals surface area (Å²) in [6.07, 6.45) is 4.90. The van der Waals surface area contributed by atoms with Crippen LogP contribution in [0, 0.1) is 21.3 Å². The van der Waals surface area contributed by atoms with Crippen LogP contribution in [0.25, 0.3) is 0 Å². The Labute approximate surface area is 103 Å². The van der Waals surface area contributed by atoms with Crippen LogP contribution in [0.4, 0.5) is 10.2 Å². The monoisotopic (exact) mass is 250 g/mol. The third kappa shape index (κ3) is 4.52. The Morgan fingerprint density at radius 2 is 2.33 bits per heavy atom. The first-order chi connectivity index (χ1) is 8.49. The molecule has 0 bridgehead atoms. The molecular formula is C11H11FN4O2. The molecule has 18 heavy (non-hydrogen) atoms. The number of nitro groups is 1. The zero-order valence-electron chi connectivity index (χ0n) is 9.55. The van der Waals surface area contributed by atoms with Crippen LogP contribution in [-0.2, 0) is 0 Å². The normalized spacial score (nSPS) is 11.6. The van der Waals surface area contributed by atoms with Crippen LogP contribution in [0.1, 0.15) is 6.92 Å². The largest absolute Gasteiger partial charge is 0.347 e. The van der Waals surface area contributed by atoms with E-state index in [1.54, 1.807) is 0 Å². The number of allylic oxidation sites excluding steroid dienone is 3. The third-order valence-corrected chi connectivity index (χ3v) is 1.87. The second-order valence-electron chi connectivity index (χ2n) is 3.34. The third-order valence-electron chi connectivity index (χ3n) is 1.87. The topological polar surface area (TPSA) is 91.9 Å². The van der Waals surface area contributed by atoms with Gasteiger partial charge >= 0.3 is 0 Å². The number of rotatable bonds is 5. The molecule has 1 heterocycles. The molecule has 94 valence electrons. The average molecular weight is 250 g/mol. The lowest BCUT2D eigenvalue weighted by atomic mass is 10.3. The zero-order chi connectivity index (χ0) is 13.5. The molecule has 0 amide bonds. The lowest BCUT2D eigenvalue weighted by Crippen LogP contribution is -1.98. The number of hydrogen-bond donors (Lipinski definition) is 2. The highest BCUT2D eigenvalue weighted by Crippen LogP contribution is 2.03. The van der Waals surface area contributed by atoms with E-state index in [4.69, 9.17) is 5.41 Å². The van der Waals surface area contributed by atoms with E-state index in [0.717, 1.165) is 12.3 Å². The molecule has 6 nitrogen and oxygen atoms in total. The predicted octanol–water partition coefficient (Wildman–Crippen LogP) is 2.35. The van der Waals surface area contributed by atoms with Gasteiger partial charge in [-0.15, -0.1) is 0 Å². The molecule has 0 atom stereocenters. The molecule has 0 aliphatic carbocycles. The van der Waals surface area contributed by atoms with Gasteiger partial charge in [-0.25, -0.2) is 9.37 Å². The van der Waals surface area contributed by atoms with Crippen LogP contribution in [0.2, 0.25) is 0 Å². The molecule has 7 heteroatoms. The van der Waals surface area contributed by atoms with Gasteiger partial charge in [0, 0.05) is 19.2 Å². The molecule has 0 fully saturated rings. The summed E-state index contributed by atoms with van der Waals surface area (Å²) in [4.78, 5) is 13.5. The van der Waals surface area contributed by atoms with Gasteiger partial charge in [0.15, 0.2) is 0 Å². The molecule has 0 saturated carbocycles. The van der Waals surface area contributed by atoms with Crippen LogP contribution in [-0.4, -0.2) is 15.6 Å². The molecule has 0 aliphatic heterocycles. The summed E-state index contributed by atoms with van der Waals surface area (Å²) in [6, 6.07) is 2.67. The highest BCUT2D eigenvalue weighted by Gasteiger charge is 2.01. The fourth-order valence-electron chi connectivity index (χ4n) is 1.00. The van der Waals surface area contributed by atoms with Gasteiger partial charge in [0.05, 0.1) is 16.8 Å². The average Bonchev–Trinajstić information content (AvgIpc) is 2.31. The summed E-state index contributed by atoms with van der Waals surface area (Å²) in [5.41, 5.74) is -0.150. The van der Waals surface area contributed by atoms with E-state index >= 15 is 0 Å². The zero-order valence-corrected chi connectivity index (χ0v) is 9.55. The van der Waals surface area contributed by atoms with E-state index in [-0.39, 0.29) is 11.4 Å². The summed E-state index contributed by atoms with van der Waals surface area (Å²) >= 11 is 0. The van der Waals surface area contributed by atoms with Gasteiger partial charge in [-0.3, -0.25) is 10.1 Å². The molecule has 1 aromatic heterocycles. The van der Waals surface area contributed by atoms with Gasteiger partial charge in [-0.2, -0.15) is 0 Å². The first-order valence-electron chi connectivity index (χ1n) is 4.95. The van der Waals surface area contributed by atoms with Crippen molar-refractivity contribution in [3.05, 3.63) is 58.3 Å². The van der Waals surface area contributed by atoms with E-state index in [2.05, 4.69) is 10.3 Å². The molecule has 0 saturated heterocycles. The fraction of sp³-hybridized carbons (Fsp3) is 0.0909. The van der Waals surface area contributed by atoms with Crippen molar-refractivity contribution in [2.45, 2.75) is 6.92 Å². The summed E-state index contributed by atoms with van der Waals surface area (Å²) in [5.74, 6) is -0.0303. The molecule has 0 radical (unpaired) electrons. The van der Waals surface area contributed by atoms with Crippen molar-refractivity contribution in [3.8, 4) is 0 Å². The minimum atomic E-state index is -0.572. The van der Waals surface area contributed by atoms with Gasteiger partial charge in [0.25, 0.3) is 0 Å². The van der Waals surface area contributed by atoms with Crippen LogP contribution >= 0.6 is 0 Å². The first-order valence-corrected chi connectivity index (χ1v) is 4.95. The summed E-state index contributed by atoms with van der Waals surface area (Å²) in [6.45, 7) is 1.30. The van der Waals surface area contributed by atoms with E-state index < -0.39 is 10.7 Å². The van der Waals surface area contributed by atoms with Gasteiger partial charge in [0.2, 0.25) is 5.70 Å². The lowest BCUT2D eigenvalue weighted by Gasteiger charge is -1.98. The van der Waals surface area contributed by atoms with Gasteiger partial charge in [0.1, 0.15) is 11.6 Å². The van der Waals surface area contributed by atoms with E-state index in [1.807, 2.05) is 0 Å². The van der Waals surface area contributed by atoms with Crippen LogP contribution in [0.3, 0.4) is 0 Å². The first kappa shape index (κ1) is 13.5. The van der Waals surface area contributed by atoms with E-state index in [1.165, 1.54) is 31.3 Å². The molecule has 1 aromatic rings. The smallest absolute Gasteiger partial charge is 0.245 e. The number of anilines is 1. The van der Waals surface area contributed by atoms with Gasteiger partial charge in [-0.05, 0) is 18.2 Å². The lowest BCUT2D eigenvalue weighted by molar-refractivity contribution is -0.424. The maximum Gasteiger partial charge on any atom is 0.245 e. The van der Waals surface area contributed by atoms with Crippen molar-refractivity contribution in [1.29, 1.82) is 5.41 Å². The number of aromatic nitrogens is 1. The van der Waals surface area contributed by atoms with Crippen LogP contribution in [0.15, 0.2) is 42.4 Å². The quantitative estimate of drug-likeness (QED) is 0.476. The Morgan fingerprint density at radius 1 is 1.61 bits per heavy atom.